The van der Waals surface area contributed by atoms with Crippen LogP contribution < -0.4 is 10.1 Å². The van der Waals surface area contributed by atoms with Crippen LogP contribution in [-0.4, -0.2) is 73.7 Å². The van der Waals surface area contributed by atoms with Crippen LogP contribution in [0.3, 0.4) is 0 Å². The van der Waals surface area contributed by atoms with Gasteiger partial charge >= 0.3 is 11.9 Å². The third-order valence-electron chi connectivity index (χ3n) is 16.3. The van der Waals surface area contributed by atoms with E-state index < -0.39 is 53.6 Å². The molecule has 3 fully saturated rings. The van der Waals surface area contributed by atoms with E-state index in [1.165, 1.54) is 6.08 Å². The molecule has 12 unspecified atom stereocenters. The van der Waals surface area contributed by atoms with Crippen LogP contribution in [0.1, 0.15) is 128 Å². The molecule has 0 spiro atoms. The van der Waals surface area contributed by atoms with Crippen molar-refractivity contribution in [3.05, 3.63) is 123 Å². The summed E-state index contributed by atoms with van der Waals surface area (Å²) in [6.07, 6.45) is 12.4. The molecule has 10 rings (SSSR count). The number of ether oxygens (including phenoxy) is 2. The molecule has 68 heavy (non-hydrogen) atoms. The van der Waals surface area contributed by atoms with Crippen LogP contribution in [-0.2, 0) is 45.0 Å². The standard InChI is InChI=1S/C57H63NO10/c1-32(60)30-58-43-20-35(31-59)19-40(24-43)37-14-15-38-29-52(63)68-55-45(38)27-41(54(64)53(55)36-10-3-2-4-11-36)28-51-57(66)48-13-6-5-12-39(48)26-46-47(50(62)17-16-49(46)57)22-34-9-7-8-33(18-34)21-44(61)25-42(23-37)56(65)67-51/h2-4,7-10,18-20,24-25,27,32,36-39,44,46-49,51,58-61,64,66H,5-6,11-13,16-17,21-23,26,28-31H2,1H3. The number of phenolic OH excluding ortho intramolecular Hbond substituents is 1. The zero-order chi connectivity index (χ0) is 47.3. The summed E-state index contributed by atoms with van der Waals surface area (Å²) in [4.78, 5) is 43.4. The van der Waals surface area contributed by atoms with Crippen LogP contribution in [0.4, 0.5) is 5.69 Å². The van der Waals surface area contributed by atoms with Gasteiger partial charge < -0.3 is 40.3 Å². The van der Waals surface area contributed by atoms with Crippen molar-refractivity contribution in [1.82, 2.24) is 0 Å². The van der Waals surface area contributed by atoms with Crippen LogP contribution in [0.5, 0.6) is 11.5 Å². The average molecular weight is 922 g/mol. The number of aromatic hydroxyl groups is 1. The molecular formula is C57H63NO10. The molecule has 3 heterocycles. The molecular weight excluding hydrogens is 859 g/mol. The fourth-order valence-electron chi connectivity index (χ4n) is 13.2. The minimum Gasteiger partial charge on any atom is -0.507 e. The van der Waals surface area contributed by atoms with Gasteiger partial charge in [0.1, 0.15) is 29.0 Å². The van der Waals surface area contributed by atoms with Crippen molar-refractivity contribution in [2.24, 2.45) is 29.6 Å². The number of aliphatic hydroxyl groups is 4. The van der Waals surface area contributed by atoms with E-state index in [1.54, 1.807) is 13.0 Å². The van der Waals surface area contributed by atoms with Crippen molar-refractivity contribution >= 4 is 23.4 Å². The number of aliphatic hydroxyl groups excluding tert-OH is 3. The highest BCUT2D eigenvalue weighted by Crippen LogP contribution is 2.59. The summed E-state index contributed by atoms with van der Waals surface area (Å²) >= 11 is 0. The molecule has 356 valence electrons. The molecule has 12 atom stereocenters. The van der Waals surface area contributed by atoms with E-state index in [0.29, 0.717) is 59.2 Å². The van der Waals surface area contributed by atoms with Crippen molar-refractivity contribution in [3.8, 4) is 23.3 Å². The van der Waals surface area contributed by atoms with E-state index in [0.717, 1.165) is 43.2 Å². The molecule has 6 N–H and O–H groups in total. The minimum absolute atomic E-state index is 0.0369. The zero-order valence-electron chi connectivity index (χ0n) is 38.7. The van der Waals surface area contributed by atoms with Gasteiger partial charge in [-0.1, -0.05) is 85.7 Å². The second kappa shape index (κ2) is 19.1. The van der Waals surface area contributed by atoms with Gasteiger partial charge in [-0.3, -0.25) is 9.59 Å². The Kier molecular flexibility index (Phi) is 13.0. The highest BCUT2D eigenvalue weighted by molar-refractivity contribution is 5.89. The predicted octanol–water partition coefficient (Wildman–Crippen LogP) is 7.55. The van der Waals surface area contributed by atoms with Crippen LogP contribution >= 0.6 is 0 Å². The summed E-state index contributed by atoms with van der Waals surface area (Å²) in [5, 5.41) is 62.7. The van der Waals surface area contributed by atoms with Crippen molar-refractivity contribution < 1.29 is 49.4 Å². The first-order chi connectivity index (χ1) is 32.9. The molecule has 10 bridgehead atoms. The number of fused-ring (bicyclic) bond motifs is 9. The molecule has 11 nitrogen and oxygen atoms in total. The minimum atomic E-state index is -1.60. The van der Waals surface area contributed by atoms with Crippen LogP contribution in [0.2, 0.25) is 0 Å². The number of hydrogen-bond donors (Lipinski definition) is 6. The van der Waals surface area contributed by atoms with Crippen LogP contribution in [0.25, 0.3) is 0 Å². The molecule has 3 aromatic carbocycles. The van der Waals surface area contributed by atoms with Crippen molar-refractivity contribution in [2.45, 2.75) is 139 Å². The predicted molar refractivity (Wildman–Crippen MR) is 256 cm³/mol. The van der Waals surface area contributed by atoms with Gasteiger partial charge in [0, 0.05) is 65.9 Å². The van der Waals surface area contributed by atoms with E-state index in [9.17, 15) is 35.1 Å². The third-order valence-corrected chi connectivity index (χ3v) is 16.3. The van der Waals surface area contributed by atoms with Gasteiger partial charge in [-0.05, 0) is 121 Å². The normalized spacial score (nSPS) is 32.5. The van der Waals surface area contributed by atoms with Crippen molar-refractivity contribution in [3.63, 3.8) is 0 Å². The van der Waals surface area contributed by atoms with E-state index >= 15 is 4.79 Å². The molecule has 3 saturated carbocycles. The first-order valence-corrected chi connectivity index (χ1v) is 24.9. The number of Topliss-reactive ketones (excluding diaryl/α,β-unsaturated/α-hetero) is 1. The maximum Gasteiger partial charge on any atom is 0.334 e. The Bertz CT molecular complexity index is 2630. The molecule has 11 heteroatoms. The number of hydrogen-bond acceptors (Lipinski definition) is 11. The Morgan fingerprint density at radius 3 is 2.51 bits per heavy atom. The SMILES string of the molecule is CC(O)CNc1cc(CO)cc(C2C#CC3CC(=O)Oc4c3cc(c(O)c4C3C=CC=CC3)CC3OC(=O)C(=CC(O)Cc4cccc(c4)CC4C(=O)CCC5C4CC4CCCCC4C35O)C2)c1. The number of phenols is 1. The second-order valence-electron chi connectivity index (χ2n) is 20.7. The lowest BCUT2D eigenvalue weighted by molar-refractivity contribution is -0.228. The first-order valence-electron chi connectivity index (χ1n) is 24.9. The largest absolute Gasteiger partial charge is 0.507 e. The van der Waals surface area contributed by atoms with Gasteiger partial charge in [0.05, 0.1) is 31.2 Å². The number of carbonyl (C=O) groups is 3. The lowest BCUT2D eigenvalue weighted by Gasteiger charge is -2.59. The Morgan fingerprint density at radius 2 is 1.72 bits per heavy atom. The molecule has 0 amide bonds. The fraction of sp³-hybridized carbons (Fsp3) is 0.491. The Balaban J connectivity index is 1.22. The lowest BCUT2D eigenvalue weighted by atomic mass is 9.48. The van der Waals surface area contributed by atoms with E-state index in [4.69, 9.17) is 9.47 Å². The number of benzene rings is 3. The maximum atomic E-state index is 15.5. The lowest BCUT2D eigenvalue weighted by Crippen LogP contribution is -2.65. The average Bonchev–Trinajstić information content (AvgIpc) is 3.33. The van der Waals surface area contributed by atoms with E-state index in [2.05, 4.69) is 17.2 Å². The highest BCUT2D eigenvalue weighted by Gasteiger charge is 2.62. The van der Waals surface area contributed by atoms with E-state index in [1.807, 2.05) is 66.8 Å². The number of nitrogens with one attached hydrogen (secondary N) is 1. The number of allylic oxidation sites excluding steroid dienone is 4. The third kappa shape index (κ3) is 8.97. The fourth-order valence-corrected chi connectivity index (χ4v) is 13.2. The van der Waals surface area contributed by atoms with E-state index in [-0.39, 0.29) is 91.3 Å². The zero-order valence-corrected chi connectivity index (χ0v) is 38.7. The molecule has 4 aliphatic carbocycles. The molecule has 0 radical (unpaired) electrons. The number of esters is 2. The van der Waals surface area contributed by atoms with Gasteiger partial charge in [0.25, 0.3) is 0 Å². The van der Waals surface area contributed by atoms with Crippen molar-refractivity contribution in [1.29, 1.82) is 0 Å². The summed E-state index contributed by atoms with van der Waals surface area (Å²) in [7, 11) is 0. The summed E-state index contributed by atoms with van der Waals surface area (Å²) in [5.74, 6) is 3.13. The number of rotatable bonds is 6. The number of anilines is 1. The Morgan fingerprint density at radius 1 is 0.912 bits per heavy atom. The Hall–Kier alpha value is -5.51. The molecule has 3 aromatic rings. The summed E-state index contributed by atoms with van der Waals surface area (Å²) in [6, 6.07) is 15.3. The molecule has 0 aromatic heterocycles. The number of carbonyl (C=O) groups excluding carboxylic acids is 3. The van der Waals surface area contributed by atoms with Gasteiger partial charge in [0.15, 0.2) is 0 Å². The smallest absolute Gasteiger partial charge is 0.334 e. The first kappa shape index (κ1) is 46.2. The molecule has 3 aliphatic heterocycles. The van der Waals surface area contributed by atoms with Gasteiger partial charge in [-0.15, -0.1) is 0 Å². The van der Waals surface area contributed by atoms with Crippen molar-refractivity contribution in [2.75, 3.05) is 11.9 Å². The number of ketones is 1. The second-order valence-corrected chi connectivity index (χ2v) is 20.7. The quantitative estimate of drug-likeness (QED) is 0.0816. The van der Waals surface area contributed by atoms with Gasteiger partial charge in [0.2, 0.25) is 0 Å². The maximum absolute atomic E-state index is 15.5. The van der Waals surface area contributed by atoms with Gasteiger partial charge in [-0.25, -0.2) is 4.79 Å². The summed E-state index contributed by atoms with van der Waals surface area (Å²) in [6.45, 7) is 1.61. The topological polar surface area (TPSA) is 183 Å². The highest BCUT2D eigenvalue weighted by atomic mass is 16.6. The molecule has 0 saturated heterocycles. The van der Waals surface area contributed by atoms with Gasteiger partial charge in [-0.2, -0.15) is 0 Å². The van der Waals surface area contributed by atoms with Crippen LogP contribution in [0, 0.1) is 41.4 Å². The summed E-state index contributed by atoms with van der Waals surface area (Å²) < 4.78 is 13.0. The Labute approximate surface area is 398 Å². The summed E-state index contributed by atoms with van der Waals surface area (Å²) in [5.41, 5.74) is 3.73. The molecule has 7 aliphatic rings. The van der Waals surface area contributed by atoms with Crippen LogP contribution in [0.15, 0.2) is 84.5 Å². The monoisotopic (exact) mass is 921 g/mol.